The molecule has 2 N–H and O–H groups in total. The van der Waals surface area contributed by atoms with E-state index in [1.807, 2.05) is 24.3 Å². The first-order valence-electron chi connectivity index (χ1n) is 7.71. The van der Waals surface area contributed by atoms with Gasteiger partial charge in [-0.3, -0.25) is 9.59 Å². The van der Waals surface area contributed by atoms with Crippen LogP contribution in [0.1, 0.15) is 18.9 Å². The van der Waals surface area contributed by atoms with Gasteiger partial charge >= 0.3 is 0 Å². The summed E-state index contributed by atoms with van der Waals surface area (Å²) in [5.74, 6) is 0.814. The lowest BCUT2D eigenvalue weighted by atomic mass is 10.1. The summed E-state index contributed by atoms with van der Waals surface area (Å²) in [6.07, 6.45) is 2.55. The van der Waals surface area contributed by atoms with Gasteiger partial charge in [-0.25, -0.2) is 4.68 Å². The van der Waals surface area contributed by atoms with Crippen LogP contribution in [-0.2, 0) is 22.6 Å². The van der Waals surface area contributed by atoms with E-state index in [-0.39, 0.29) is 18.4 Å². The molecule has 0 unspecified atom stereocenters. The van der Waals surface area contributed by atoms with E-state index in [1.54, 1.807) is 14.0 Å². The number of carbonyl (C=O) groups excluding carboxylic acids is 2. The van der Waals surface area contributed by atoms with Gasteiger partial charge in [0.15, 0.2) is 5.82 Å². The molecule has 1 aromatic heterocycles. The van der Waals surface area contributed by atoms with Gasteiger partial charge < -0.3 is 15.4 Å². The second-order valence-electron chi connectivity index (χ2n) is 5.11. The van der Waals surface area contributed by atoms with Crippen LogP contribution in [-0.4, -0.2) is 40.5 Å². The lowest BCUT2D eigenvalue weighted by molar-refractivity contribution is -0.121. The van der Waals surface area contributed by atoms with Crippen LogP contribution in [0.15, 0.2) is 30.5 Å². The summed E-state index contributed by atoms with van der Waals surface area (Å²) in [6, 6.07) is 7.69. The molecule has 0 atom stereocenters. The fraction of sp³-hybridized carbons (Fsp3) is 0.375. The number of rotatable bonds is 8. The molecule has 2 aromatic rings. The van der Waals surface area contributed by atoms with Crippen molar-refractivity contribution in [2.45, 2.75) is 26.3 Å². The van der Waals surface area contributed by atoms with E-state index in [1.165, 1.54) is 10.9 Å². The third-order valence-electron chi connectivity index (χ3n) is 3.34. The van der Waals surface area contributed by atoms with E-state index in [0.29, 0.717) is 25.2 Å². The smallest absolute Gasteiger partial charge is 0.241 e. The van der Waals surface area contributed by atoms with Crippen molar-refractivity contribution in [3.05, 3.63) is 36.0 Å². The van der Waals surface area contributed by atoms with E-state index in [0.717, 1.165) is 11.3 Å². The van der Waals surface area contributed by atoms with Gasteiger partial charge in [-0.15, -0.1) is 5.10 Å². The van der Waals surface area contributed by atoms with Crippen molar-refractivity contribution in [1.29, 1.82) is 0 Å². The Balaban J connectivity index is 1.78. The Labute approximate surface area is 140 Å². The minimum Gasteiger partial charge on any atom is -0.496 e. The maximum absolute atomic E-state index is 11.9. The summed E-state index contributed by atoms with van der Waals surface area (Å²) in [5, 5.41) is 13.0. The van der Waals surface area contributed by atoms with Crippen LogP contribution < -0.4 is 15.4 Å². The van der Waals surface area contributed by atoms with E-state index in [4.69, 9.17) is 4.74 Å². The molecule has 0 saturated carbocycles. The molecule has 2 rings (SSSR count). The van der Waals surface area contributed by atoms with Gasteiger partial charge in [0.1, 0.15) is 12.3 Å². The number of aromatic nitrogens is 3. The molecule has 1 heterocycles. The number of carbonyl (C=O) groups is 2. The van der Waals surface area contributed by atoms with Crippen LogP contribution in [0, 0.1) is 0 Å². The van der Waals surface area contributed by atoms with Gasteiger partial charge in [0.05, 0.1) is 13.3 Å². The van der Waals surface area contributed by atoms with Gasteiger partial charge in [-0.2, -0.15) is 0 Å². The van der Waals surface area contributed by atoms with Crippen molar-refractivity contribution < 1.29 is 14.3 Å². The molecule has 24 heavy (non-hydrogen) atoms. The Kier molecular flexibility index (Phi) is 6.30. The van der Waals surface area contributed by atoms with E-state index < -0.39 is 0 Å². The fourth-order valence-electron chi connectivity index (χ4n) is 2.11. The highest BCUT2D eigenvalue weighted by Crippen LogP contribution is 2.17. The summed E-state index contributed by atoms with van der Waals surface area (Å²) in [4.78, 5) is 23.2. The largest absolute Gasteiger partial charge is 0.496 e. The minimum atomic E-state index is -0.178. The average Bonchev–Trinajstić information content (AvgIpc) is 3.01. The summed E-state index contributed by atoms with van der Waals surface area (Å²) in [5.41, 5.74) is 1.03. The monoisotopic (exact) mass is 331 g/mol. The molecule has 2 amide bonds. The Morgan fingerprint density at radius 2 is 2.04 bits per heavy atom. The Morgan fingerprint density at radius 1 is 1.25 bits per heavy atom. The second kappa shape index (κ2) is 8.66. The van der Waals surface area contributed by atoms with Gasteiger partial charge in [0.25, 0.3) is 0 Å². The molecule has 8 heteroatoms. The van der Waals surface area contributed by atoms with Crippen LogP contribution in [0.4, 0.5) is 5.82 Å². The van der Waals surface area contributed by atoms with Crippen molar-refractivity contribution in [3.8, 4) is 5.75 Å². The molecule has 8 nitrogen and oxygen atoms in total. The van der Waals surface area contributed by atoms with Crippen molar-refractivity contribution in [1.82, 2.24) is 20.3 Å². The van der Waals surface area contributed by atoms with Gasteiger partial charge in [0.2, 0.25) is 11.8 Å². The second-order valence-corrected chi connectivity index (χ2v) is 5.11. The number of methoxy groups -OCH3 is 1. The molecule has 0 aliphatic heterocycles. The summed E-state index contributed by atoms with van der Waals surface area (Å²) >= 11 is 0. The quantitative estimate of drug-likeness (QED) is 0.752. The highest BCUT2D eigenvalue weighted by molar-refractivity contribution is 5.89. The number of amides is 2. The SMILES string of the molecule is CCC(=O)Nc1cn(CC(=O)NCCc2ccccc2OC)nn1. The number of nitrogens with one attached hydrogen (secondary N) is 2. The molecule has 0 radical (unpaired) electrons. The molecule has 0 spiro atoms. The summed E-state index contributed by atoms with van der Waals surface area (Å²) in [7, 11) is 1.62. The standard InChI is InChI=1S/C16H21N5O3/c1-3-15(22)18-14-10-21(20-19-14)11-16(23)17-9-8-12-6-4-5-7-13(12)24-2/h4-7,10H,3,8-9,11H2,1-2H3,(H,17,23)(H,18,22). The predicted octanol–water partition coefficient (Wildman–Crippen LogP) is 0.994. The number of hydrogen-bond donors (Lipinski definition) is 2. The number of ether oxygens (including phenoxy) is 1. The van der Waals surface area contributed by atoms with Crippen molar-refractivity contribution in [2.75, 3.05) is 19.0 Å². The Hall–Kier alpha value is -2.90. The highest BCUT2D eigenvalue weighted by Gasteiger charge is 2.08. The molecule has 0 saturated heterocycles. The molecule has 128 valence electrons. The minimum absolute atomic E-state index is 0.0426. The summed E-state index contributed by atoms with van der Waals surface area (Å²) in [6.45, 7) is 2.28. The fourth-order valence-corrected chi connectivity index (χ4v) is 2.11. The zero-order valence-corrected chi connectivity index (χ0v) is 13.8. The van der Waals surface area contributed by atoms with Gasteiger partial charge in [-0.1, -0.05) is 30.3 Å². The van der Waals surface area contributed by atoms with Crippen molar-refractivity contribution in [3.63, 3.8) is 0 Å². The van der Waals surface area contributed by atoms with E-state index >= 15 is 0 Å². The van der Waals surface area contributed by atoms with Gasteiger partial charge in [0, 0.05) is 13.0 Å². The van der Waals surface area contributed by atoms with E-state index in [9.17, 15) is 9.59 Å². The predicted molar refractivity (Wildman–Crippen MR) is 88.7 cm³/mol. The normalized spacial score (nSPS) is 10.2. The Bertz CT molecular complexity index is 699. The number of benzene rings is 1. The summed E-state index contributed by atoms with van der Waals surface area (Å²) < 4.78 is 6.65. The van der Waals surface area contributed by atoms with Crippen LogP contribution in [0.3, 0.4) is 0 Å². The highest BCUT2D eigenvalue weighted by atomic mass is 16.5. The zero-order valence-electron chi connectivity index (χ0n) is 13.8. The van der Waals surface area contributed by atoms with Gasteiger partial charge in [-0.05, 0) is 18.1 Å². The molecule has 0 aliphatic rings. The van der Waals surface area contributed by atoms with E-state index in [2.05, 4.69) is 20.9 Å². The molecular weight excluding hydrogens is 310 g/mol. The molecule has 0 fully saturated rings. The van der Waals surface area contributed by atoms with Crippen LogP contribution in [0.2, 0.25) is 0 Å². The maximum Gasteiger partial charge on any atom is 0.241 e. The number of anilines is 1. The third-order valence-corrected chi connectivity index (χ3v) is 3.34. The molecule has 0 bridgehead atoms. The number of hydrogen-bond acceptors (Lipinski definition) is 5. The first-order chi connectivity index (χ1) is 11.6. The van der Waals surface area contributed by atoms with Crippen molar-refractivity contribution in [2.24, 2.45) is 0 Å². The zero-order chi connectivity index (χ0) is 17.4. The first-order valence-corrected chi connectivity index (χ1v) is 7.71. The molecule has 0 aliphatic carbocycles. The lowest BCUT2D eigenvalue weighted by Gasteiger charge is -2.09. The van der Waals surface area contributed by atoms with Crippen molar-refractivity contribution >= 4 is 17.6 Å². The first kappa shape index (κ1) is 17.5. The lowest BCUT2D eigenvalue weighted by Crippen LogP contribution is -2.29. The average molecular weight is 331 g/mol. The Morgan fingerprint density at radius 3 is 2.79 bits per heavy atom. The topological polar surface area (TPSA) is 98.1 Å². The number of para-hydroxylation sites is 1. The number of nitrogens with zero attached hydrogens (tertiary/aromatic N) is 3. The molecule has 1 aromatic carbocycles. The molecular formula is C16H21N5O3. The third kappa shape index (κ3) is 5.08. The maximum atomic E-state index is 11.9. The van der Waals surface area contributed by atoms with Crippen LogP contribution >= 0.6 is 0 Å². The van der Waals surface area contributed by atoms with Crippen LogP contribution in [0.5, 0.6) is 5.75 Å². The van der Waals surface area contributed by atoms with Crippen LogP contribution in [0.25, 0.3) is 0 Å².